The minimum absolute atomic E-state index is 0.165. The van der Waals surface area contributed by atoms with Gasteiger partial charge in [0, 0.05) is 0 Å². The van der Waals surface area contributed by atoms with Gasteiger partial charge in [-0.05, 0) is 31.5 Å². The molecule has 1 N–H and O–H groups in total. The summed E-state index contributed by atoms with van der Waals surface area (Å²) in [6.07, 6.45) is 2.87. The van der Waals surface area contributed by atoms with E-state index in [9.17, 15) is 9.18 Å². The predicted molar refractivity (Wildman–Crippen MR) is 67.7 cm³/mol. The molecule has 0 fully saturated rings. The standard InChI is InChI=1S/C13H15FN4O/c1-9(11-3-5-12(14)6-4-11)17-13(19)10(2)18-8-15-7-16-18/h3-10H,1-2H3,(H,17,19). The van der Waals surface area contributed by atoms with E-state index in [1.54, 1.807) is 19.1 Å². The van der Waals surface area contributed by atoms with Gasteiger partial charge in [-0.15, -0.1) is 0 Å². The van der Waals surface area contributed by atoms with E-state index < -0.39 is 6.04 Å². The van der Waals surface area contributed by atoms with E-state index in [0.29, 0.717) is 0 Å². The van der Waals surface area contributed by atoms with E-state index in [1.807, 2.05) is 6.92 Å². The molecule has 2 aromatic rings. The molecule has 1 aromatic heterocycles. The van der Waals surface area contributed by atoms with Gasteiger partial charge in [-0.3, -0.25) is 4.79 Å². The Morgan fingerprint density at radius 3 is 2.58 bits per heavy atom. The molecule has 5 nitrogen and oxygen atoms in total. The molecule has 100 valence electrons. The quantitative estimate of drug-likeness (QED) is 0.914. The molecule has 0 bridgehead atoms. The second-order valence-electron chi connectivity index (χ2n) is 4.33. The largest absolute Gasteiger partial charge is 0.348 e. The fraction of sp³-hybridized carbons (Fsp3) is 0.308. The summed E-state index contributed by atoms with van der Waals surface area (Å²) < 4.78 is 14.3. The van der Waals surface area contributed by atoms with Gasteiger partial charge in [0.25, 0.3) is 0 Å². The van der Waals surface area contributed by atoms with E-state index in [-0.39, 0.29) is 17.8 Å². The normalized spacial score (nSPS) is 13.8. The highest BCUT2D eigenvalue weighted by atomic mass is 19.1. The number of hydrogen-bond donors (Lipinski definition) is 1. The number of amides is 1. The molecule has 0 aliphatic rings. The molecule has 2 unspecified atom stereocenters. The maximum Gasteiger partial charge on any atom is 0.245 e. The maximum atomic E-state index is 12.8. The van der Waals surface area contributed by atoms with E-state index in [1.165, 1.54) is 29.5 Å². The van der Waals surface area contributed by atoms with Crippen LogP contribution in [0.3, 0.4) is 0 Å². The highest BCUT2D eigenvalue weighted by molar-refractivity contribution is 5.80. The van der Waals surface area contributed by atoms with Crippen molar-refractivity contribution in [1.82, 2.24) is 20.1 Å². The molecule has 19 heavy (non-hydrogen) atoms. The molecule has 1 amide bonds. The van der Waals surface area contributed by atoms with Gasteiger partial charge in [-0.2, -0.15) is 5.10 Å². The summed E-state index contributed by atoms with van der Waals surface area (Å²) in [5.74, 6) is -0.458. The van der Waals surface area contributed by atoms with Crippen LogP contribution in [0.25, 0.3) is 0 Å². The van der Waals surface area contributed by atoms with E-state index in [0.717, 1.165) is 5.56 Å². The number of hydrogen-bond acceptors (Lipinski definition) is 3. The molecule has 0 aliphatic heterocycles. The Labute approximate surface area is 110 Å². The topological polar surface area (TPSA) is 59.8 Å². The van der Waals surface area contributed by atoms with Gasteiger partial charge in [-0.1, -0.05) is 12.1 Å². The van der Waals surface area contributed by atoms with Gasteiger partial charge in [-0.25, -0.2) is 14.1 Å². The van der Waals surface area contributed by atoms with Crippen LogP contribution in [0, 0.1) is 5.82 Å². The lowest BCUT2D eigenvalue weighted by Gasteiger charge is -2.17. The number of carbonyl (C=O) groups excluding carboxylic acids is 1. The van der Waals surface area contributed by atoms with Gasteiger partial charge >= 0.3 is 0 Å². The first kappa shape index (κ1) is 13.2. The summed E-state index contributed by atoms with van der Waals surface area (Å²) in [4.78, 5) is 15.8. The number of nitrogens with one attached hydrogen (secondary N) is 1. The Bertz CT molecular complexity index is 538. The minimum Gasteiger partial charge on any atom is -0.348 e. The van der Waals surface area contributed by atoms with Crippen LogP contribution >= 0.6 is 0 Å². The van der Waals surface area contributed by atoms with Crippen LogP contribution in [-0.2, 0) is 4.79 Å². The van der Waals surface area contributed by atoms with Crippen LogP contribution in [0.2, 0.25) is 0 Å². The van der Waals surface area contributed by atoms with Crippen LogP contribution in [0.5, 0.6) is 0 Å². The Kier molecular flexibility index (Phi) is 3.89. The number of rotatable bonds is 4. The monoisotopic (exact) mass is 262 g/mol. The molecule has 0 radical (unpaired) electrons. The van der Waals surface area contributed by atoms with Gasteiger partial charge in [0.15, 0.2) is 0 Å². The number of nitrogens with zero attached hydrogens (tertiary/aromatic N) is 3. The number of benzene rings is 1. The molecule has 0 saturated carbocycles. The van der Waals surface area contributed by atoms with Gasteiger partial charge < -0.3 is 5.32 Å². The lowest BCUT2D eigenvalue weighted by atomic mass is 10.1. The lowest BCUT2D eigenvalue weighted by Crippen LogP contribution is -2.33. The van der Waals surface area contributed by atoms with Crippen LogP contribution in [0.4, 0.5) is 4.39 Å². The van der Waals surface area contributed by atoms with Crippen LogP contribution < -0.4 is 5.32 Å². The summed E-state index contributed by atoms with van der Waals surface area (Å²) in [6, 6.07) is 5.42. The number of halogens is 1. The Hall–Kier alpha value is -2.24. The predicted octanol–water partition coefficient (Wildman–Crippen LogP) is 1.86. The van der Waals surface area contributed by atoms with Crippen molar-refractivity contribution in [3.63, 3.8) is 0 Å². The van der Waals surface area contributed by atoms with Crippen molar-refractivity contribution in [3.8, 4) is 0 Å². The zero-order valence-electron chi connectivity index (χ0n) is 10.7. The lowest BCUT2D eigenvalue weighted by molar-refractivity contribution is -0.124. The zero-order chi connectivity index (χ0) is 13.8. The first-order valence-corrected chi connectivity index (χ1v) is 5.98. The van der Waals surface area contributed by atoms with Crippen molar-refractivity contribution in [3.05, 3.63) is 48.3 Å². The average molecular weight is 262 g/mol. The average Bonchev–Trinajstić information content (AvgIpc) is 2.92. The smallest absolute Gasteiger partial charge is 0.245 e. The van der Waals surface area contributed by atoms with E-state index in [2.05, 4.69) is 15.4 Å². The summed E-state index contributed by atoms with van der Waals surface area (Å²) >= 11 is 0. The number of aromatic nitrogens is 3. The Morgan fingerprint density at radius 1 is 1.32 bits per heavy atom. The van der Waals surface area contributed by atoms with Gasteiger partial charge in [0.05, 0.1) is 6.04 Å². The molecule has 0 spiro atoms. The van der Waals surface area contributed by atoms with Crippen molar-refractivity contribution < 1.29 is 9.18 Å². The van der Waals surface area contributed by atoms with Gasteiger partial charge in [0.2, 0.25) is 5.91 Å². The van der Waals surface area contributed by atoms with Crippen molar-refractivity contribution >= 4 is 5.91 Å². The molecule has 2 atom stereocenters. The second kappa shape index (κ2) is 5.60. The first-order chi connectivity index (χ1) is 9.08. The summed E-state index contributed by atoms with van der Waals surface area (Å²) in [7, 11) is 0. The van der Waals surface area contributed by atoms with Crippen LogP contribution in [0.15, 0.2) is 36.9 Å². The molecule has 6 heteroatoms. The molecule has 2 rings (SSSR count). The highest BCUT2D eigenvalue weighted by Gasteiger charge is 2.18. The first-order valence-electron chi connectivity index (χ1n) is 5.98. The molecule has 0 aliphatic carbocycles. The van der Waals surface area contributed by atoms with Crippen LogP contribution in [0.1, 0.15) is 31.5 Å². The highest BCUT2D eigenvalue weighted by Crippen LogP contribution is 2.14. The third-order valence-corrected chi connectivity index (χ3v) is 2.94. The zero-order valence-corrected chi connectivity index (χ0v) is 10.7. The second-order valence-corrected chi connectivity index (χ2v) is 4.33. The van der Waals surface area contributed by atoms with E-state index >= 15 is 0 Å². The van der Waals surface area contributed by atoms with Crippen LogP contribution in [-0.4, -0.2) is 20.7 Å². The fourth-order valence-electron chi connectivity index (χ4n) is 1.71. The van der Waals surface area contributed by atoms with E-state index in [4.69, 9.17) is 0 Å². The fourth-order valence-corrected chi connectivity index (χ4v) is 1.71. The molecular weight excluding hydrogens is 247 g/mol. The number of carbonyl (C=O) groups is 1. The summed E-state index contributed by atoms with van der Waals surface area (Å²) in [5.41, 5.74) is 0.848. The Morgan fingerprint density at radius 2 is 2.00 bits per heavy atom. The third kappa shape index (κ3) is 3.15. The van der Waals surface area contributed by atoms with Gasteiger partial charge in [0.1, 0.15) is 24.5 Å². The SMILES string of the molecule is CC(NC(=O)C(C)n1cncn1)c1ccc(F)cc1. The molecule has 1 heterocycles. The third-order valence-electron chi connectivity index (χ3n) is 2.94. The Balaban J connectivity index is 2.00. The van der Waals surface area contributed by atoms with Crippen molar-refractivity contribution in [1.29, 1.82) is 0 Å². The molecular formula is C13H15FN4O. The summed E-state index contributed by atoms with van der Waals surface area (Å²) in [6.45, 7) is 3.58. The molecule has 1 aromatic carbocycles. The van der Waals surface area contributed by atoms with Crippen molar-refractivity contribution in [2.45, 2.75) is 25.9 Å². The van der Waals surface area contributed by atoms with Crippen molar-refractivity contribution in [2.75, 3.05) is 0 Å². The summed E-state index contributed by atoms with van der Waals surface area (Å²) in [5, 5.41) is 6.78. The maximum absolute atomic E-state index is 12.8. The minimum atomic E-state index is -0.439. The van der Waals surface area contributed by atoms with Crippen molar-refractivity contribution in [2.24, 2.45) is 0 Å². The molecule has 0 saturated heterocycles.